The second-order valence-corrected chi connectivity index (χ2v) is 6.11. The van der Waals surface area contributed by atoms with Gasteiger partial charge in [0, 0.05) is 0 Å². The van der Waals surface area contributed by atoms with E-state index in [1.807, 2.05) is 62.9 Å². The van der Waals surface area contributed by atoms with Gasteiger partial charge < -0.3 is 4.74 Å². The number of carbonyl (C=O) groups excluding carboxylic acids is 2. The lowest BCUT2D eigenvalue weighted by atomic mass is 10.0. The zero-order chi connectivity index (χ0) is 16.0. The number of hydrogen-bond donors (Lipinski definition) is 0. The number of rotatable bonds is 6. The molecule has 0 aliphatic carbocycles. The van der Waals surface area contributed by atoms with Crippen molar-refractivity contribution in [2.24, 2.45) is 0 Å². The summed E-state index contributed by atoms with van der Waals surface area (Å²) in [6.45, 7) is 9.81. The first-order chi connectivity index (χ1) is 9.74. The molecule has 0 amide bonds. The van der Waals surface area contributed by atoms with E-state index in [2.05, 4.69) is 0 Å². The van der Waals surface area contributed by atoms with Crippen molar-refractivity contribution in [2.45, 2.75) is 46.3 Å². The van der Waals surface area contributed by atoms with Crippen LogP contribution in [0.4, 0.5) is 0 Å². The second-order valence-electron chi connectivity index (χ2n) is 6.11. The third-order valence-electron chi connectivity index (χ3n) is 2.94. The van der Waals surface area contributed by atoms with Gasteiger partial charge in [0.05, 0.1) is 6.54 Å². The Morgan fingerprint density at radius 1 is 1.19 bits per heavy atom. The molecule has 1 rings (SSSR count). The molecule has 0 N–H and O–H groups in total. The number of ketones is 1. The third kappa shape index (κ3) is 5.68. The topological polar surface area (TPSA) is 46.6 Å². The van der Waals surface area contributed by atoms with Crippen molar-refractivity contribution in [1.29, 1.82) is 0 Å². The summed E-state index contributed by atoms with van der Waals surface area (Å²) in [4.78, 5) is 25.9. The monoisotopic (exact) mass is 291 g/mol. The molecule has 0 heterocycles. The van der Waals surface area contributed by atoms with Crippen molar-refractivity contribution in [3.8, 4) is 0 Å². The first-order valence-corrected chi connectivity index (χ1v) is 7.26. The fourth-order valence-corrected chi connectivity index (χ4v) is 2.16. The minimum Gasteiger partial charge on any atom is -0.459 e. The first kappa shape index (κ1) is 17.4. The molecule has 0 saturated heterocycles. The van der Waals surface area contributed by atoms with Crippen LogP contribution < -0.4 is 0 Å². The van der Waals surface area contributed by atoms with Crippen molar-refractivity contribution < 1.29 is 14.3 Å². The van der Waals surface area contributed by atoms with Gasteiger partial charge in [0.2, 0.25) is 0 Å². The van der Waals surface area contributed by atoms with Gasteiger partial charge >= 0.3 is 5.97 Å². The Balaban J connectivity index is 3.10. The molecule has 116 valence electrons. The number of benzene rings is 1. The Hall–Kier alpha value is -1.68. The van der Waals surface area contributed by atoms with Gasteiger partial charge in [-0.1, -0.05) is 37.3 Å². The zero-order valence-corrected chi connectivity index (χ0v) is 13.6. The van der Waals surface area contributed by atoms with Crippen LogP contribution in [0.1, 0.15) is 46.2 Å². The summed E-state index contributed by atoms with van der Waals surface area (Å²) in [5.74, 6) is -0.293. The Morgan fingerprint density at radius 3 is 2.19 bits per heavy atom. The molecule has 0 saturated carbocycles. The van der Waals surface area contributed by atoms with Crippen LogP contribution in [0.3, 0.4) is 0 Å². The lowest BCUT2D eigenvalue weighted by Gasteiger charge is -2.31. The van der Waals surface area contributed by atoms with Crippen LogP contribution in [0.15, 0.2) is 30.3 Å². The van der Waals surface area contributed by atoms with Crippen LogP contribution in [0.5, 0.6) is 0 Å². The molecule has 0 aromatic heterocycles. The number of carbonyl (C=O) groups is 2. The maximum atomic E-state index is 12.6. The molecular weight excluding hydrogens is 266 g/mol. The Kier molecular flexibility index (Phi) is 6.09. The van der Waals surface area contributed by atoms with E-state index in [-0.39, 0.29) is 18.3 Å². The van der Waals surface area contributed by atoms with Crippen molar-refractivity contribution in [3.05, 3.63) is 35.9 Å². The smallest absolute Gasteiger partial charge is 0.328 e. The summed E-state index contributed by atoms with van der Waals surface area (Å²) in [5.41, 5.74) is 0.287. The average molecular weight is 291 g/mol. The number of likely N-dealkylation sites (N-methyl/N-ethyl adjacent to an activating group) is 1. The lowest BCUT2D eigenvalue weighted by molar-refractivity contribution is -0.162. The molecule has 0 bridgehead atoms. The number of nitrogens with zero attached hydrogens (tertiary/aromatic N) is 1. The van der Waals surface area contributed by atoms with E-state index < -0.39 is 11.6 Å². The van der Waals surface area contributed by atoms with E-state index in [1.54, 1.807) is 0 Å². The highest BCUT2D eigenvalue weighted by Gasteiger charge is 2.31. The van der Waals surface area contributed by atoms with Gasteiger partial charge in [-0.15, -0.1) is 0 Å². The number of Topliss-reactive ketones (excluding diaryl/α,β-unsaturated/α-hetero) is 1. The van der Waals surface area contributed by atoms with Gasteiger partial charge in [-0.05, 0) is 39.8 Å². The predicted molar refractivity (Wildman–Crippen MR) is 83.0 cm³/mol. The molecule has 4 nitrogen and oxygen atoms in total. The molecule has 0 fully saturated rings. The summed E-state index contributed by atoms with van der Waals surface area (Å²) < 4.78 is 5.53. The molecule has 0 aliphatic heterocycles. The van der Waals surface area contributed by atoms with Crippen LogP contribution in [-0.4, -0.2) is 35.3 Å². The molecule has 1 unspecified atom stereocenters. The Morgan fingerprint density at radius 2 is 1.76 bits per heavy atom. The molecule has 1 atom stereocenters. The van der Waals surface area contributed by atoms with E-state index >= 15 is 0 Å². The third-order valence-corrected chi connectivity index (χ3v) is 2.94. The summed E-state index contributed by atoms with van der Waals surface area (Å²) in [5, 5.41) is 0. The van der Waals surface area contributed by atoms with E-state index in [0.717, 1.165) is 5.56 Å². The normalized spacial score (nSPS) is 13.0. The van der Waals surface area contributed by atoms with Crippen molar-refractivity contribution >= 4 is 11.8 Å². The highest BCUT2D eigenvalue weighted by molar-refractivity contribution is 5.81. The standard InChI is InChI=1S/C17H25NO3/c1-6-18(12-13(2)19)15(14-10-8-7-9-11-14)16(20)21-17(3,4)5/h7-11,15H,6,12H2,1-5H3. The van der Waals surface area contributed by atoms with E-state index in [4.69, 9.17) is 4.74 Å². The van der Waals surface area contributed by atoms with E-state index in [9.17, 15) is 9.59 Å². The van der Waals surface area contributed by atoms with Gasteiger partial charge in [0.1, 0.15) is 17.4 Å². The summed E-state index contributed by atoms with van der Waals surface area (Å²) in [7, 11) is 0. The maximum Gasteiger partial charge on any atom is 0.328 e. The van der Waals surface area contributed by atoms with Gasteiger partial charge in [0.25, 0.3) is 0 Å². The lowest BCUT2D eigenvalue weighted by Crippen LogP contribution is -2.40. The predicted octanol–water partition coefficient (Wildman–Crippen LogP) is 2.98. The first-order valence-electron chi connectivity index (χ1n) is 7.26. The fourth-order valence-electron chi connectivity index (χ4n) is 2.16. The van der Waals surface area contributed by atoms with Gasteiger partial charge in [-0.2, -0.15) is 0 Å². The van der Waals surface area contributed by atoms with Crippen molar-refractivity contribution in [1.82, 2.24) is 4.90 Å². The summed E-state index contributed by atoms with van der Waals surface area (Å²) in [6.07, 6.45) is 0. The van der Waals surface area contributed by atoms with Crippen molar-refractivity contribution in [3.63, 3.8) is 0 Å². The largest absolute Gasteiger partial charge is 0.459 e. The molecule has 4 heteroatoms. The minimum atomic E-state index is -0.556. The molecule has 0 spiro atoms. The van der Waals surface area contributed by atoms with Crippen LogP contribution in [0, 0.1) is 0 Å². The fraction of sp³-hybridized carbons (Fsp3) is 0.529. The van der Waals surface area contributed by atoms with E-state index in [1.165, 1.54) is 6.92 Å². The molecule has 0 radical (unpaired) electrons. The Bertz CT molecular complexity index is 477. The minimum absolute atomic E-state index is 0.0290. The molecule has 1 aromatic carbocycles. The number of ether oxygens (including phenoxy) is 1. The summed E-state index contributed by atoms with van der Waals surface area (Å²) >= 11 is 0. The quantitative estimate of drug-likeness (QED) is 0.756. The summed E-state index contributed by atoms with van der Waals surface area (Å²) in [6, 6.07) is 8.88. The number of esters is 1. The maximum absolute atomic E-state index is 12.6. The van der Waals surface area contributed by atoms with Crippen LogP contribution in [-0.2, 0) is 14.3 Å². The zero-order valence-electron chi connectivity index (χ0n) is 13.6. The van der Waals surface area contributed by atoms with Gasteiger partial charge in [-0.3, -0.25) is 9.69 Å². The van der Waals surface area contributed by atoms with Crippen LogP contribution >= 0.6 is 0 Å². The van der Waals surface area contributed by atoms with Crippen molar-refractivity contribution in [2.75, 3.05) is 13.1 Å². The second kappa shape index (κ2) is 7.36. The molecule has 21 heavy (non-hydrogen) atoms. The number of hydrogen-bond acceptors (Lipinski definition) is 4. The molecular formula is C17H25NO3. The average Bonchev–Trinajstić information content (AvgIpc) is 2.36. The molecule has 1 aromatic rings. The highest BCUT2D eigenvalue weighted by atomic mass is 16.6. The van der Waals surface area contributed by atoms with Gasteiger partial charge in [0.15, 0.2) is 0 Å². The molecule has 0 aliphatic rings. The van der Waals surface area contributed by atoms with E-state index in [0.29, 0.717) is 6.54 Å². The SMILES string of the molecule is CCN(CC(C)=O)C(C(=O)OC(C)(C)C)c1ccccc1. The Labute approximate surface area is 127 Å². The van der Waals surface area contributed by atoms with Crippen LogP contribution in [0.2, 0.25) is 0 Å². The van der Waals surface area contributed by atoms with Gasteiger partial charge in [-0.25, -0.2) is 4.79 Å². The highest BCUT2D eigenvalue weighted by Crippen LogP contribution is 2.24. The van der Waals surface area contributed by atoms with Crippen LogP contribution in [0.25, 0.3) is 0 Å².